The Kier molecular flexibility index (Phi) is 6.96. The summed E-state index contributed by atoms with van der Waals surface area (Å²) in [4.78, 5) is 54.8. The van der Waals surface area contributed by atoms with Gasteiger partial charge in [-0.1, -0.05) is 60.7 Å². The Morgan fingerprint density at radius 1 is 0.875 bits per heavy atom. The van der Waals surface area contributed by atoms with Crippen molar-refractivity contribution in [3.8, 4) is 0 Å². The first kappa shape index (κ1) is 25.6. The minimum absolute atomic E-state index is 0.0815. The van der Waals surface area contributed by atoms with Crippen molar-refractivity contribution in [1.82, 2.24) is 14.4 Å². The Bertz CT molecular complexity index is 1680. The maximum atomic E-state index is 13.2. The van der Waals surface area contributed by atoms with Crippen LogP contribution in [0.4, 0.5) is 10.5 Å². The van der Waals surface area contributed by atoms with E-state index < -0.39 is 11.1 Å². The molecule has 4 aromatic rings. The summed E-state index contributed by atoms with van der Waals surface area (Å²) >= 11 is 0.827. The molecule has 2 aliphatic rings. The zero-order valence-corrected chi connectivity index (χ0v) is 22.4. The molecule has 1 saturated heterocycles. The Hall–Kier alpha value is -4.63. The molecular formula is C31H26N4O4S. The van der Waals surface area contributed by atoms with Crippen molar-refractivity contribution < 1.29 is 19.2 Å². The molecule has 1 aromatic heterocycles. The number of hydrogen-bond donors (Lipinski definition) is 1. The predicted octanol–water partition coefficient (Wildman–Crippen LogP) is 4.90. The second-order valence-corrected chi connectivity index (χ2v) is 10.7. The topological polar surface area (TPSA) is 91.7 Å². The van der Waals surface area contributed by atoms with Crippen LogP contribution in [0, 0.1) is 0 Å². The molecule has 4 amide bonds. The van der Waals surface area contributed by atoms with Gasteiger partial charge < -0.3 is 14.8 Å². The van der Waals surface area contributed by atoms with E-state index in [1.807, 2.05) is 77.4 Å². The number of rotatable bonds is 6. The SMILES string of the molecule is O=C(Cn1cc(/C=C2\SC(=O)N(CC(=O)N3CCc4ccccc4C3)C2=O)c2ccccc21)Nc1ccccc1. The molecule has 6 rings (SSSR count). The lowest BCUT2D eigenvalue weighted by Crippen LogP contribution is -2.44. The van der Waals surface area contributed by atoms with Gasteiger partial charge in [-0.25, -0.2) is 0 Å². The summed E-state index contributed by atoms with van der Waals surface area (Å²) in [5.41, 5.74) is 4.56. The molecular weight excluding hydrogens is 524 g/mol. The van der Waals surface area contributed by atoms with E-state index in [0.29, 0.717) is 24.3 Å². The highest BCUT2D eigenvalue weighted by atomic mass is 32.2. The molecule has 0 bridgehead atoms. The number of fused-ring (bicyclic) bond motifs is 2. The minimum atomic E-state index is -0.487. The molecule has 40 heavy (non-hydrogen) atoms. The van der Waals surface area contributed by atoms with E-state index in [9.17, 15) is 19.2 Å². The van der Waals surface area contributed by atoms with Crippen LogP contribution >= 0.6 is 11.8 Å². The summed E-state index contributed by atoms with van der Waals surface area (Å²) in [5.74, 6) is -0.920. The van der Waals surface area contributed by atoms with E-state index in [4.69, 9.17) is 0 Å². The van der Waals surface area contributed by atoms with Gasteiger partial charge in [0.25, 0.3) is 11.1 Å². The molecule has 9 heteroatoms. The number of nitrogens with one attached hydrogen (secondary N) is 1. The van der Waals surface area contributed by atoms with Gasteiger partial charge >= 0.3 is 0 Å². The van der Waals surface area contributed by atoms with Crippen LogP contribution in [0.5, 0.6) is 0 Å². The van der Waals surface area contributed by atoms with Crippen molar-refractivity contribution in [3.05, 3.63) is 107 Å². The van der Waals surface area contributed by atoms with E-state index in [1.165, 1.54) is 5.56 Å². The summed E-state index contributed by atoms with van der Waals surface area (Å²) < 4.78 is 1.82. The summed E-state index contributed by atoms with van der Waals surface area (Å²) in [7, 11) is 0. The number of para-hydroxylation sites is 2. The standard InChI is InChI=1S/C31H26N4O4S/c36-28(32-24-10-2-1-3-11-24)19-34-18-23(25-12-6-7-13-26(25)34)16-27-30(38)35(31(39)40-27)20-29(37)33-15-14-21-8-4-5-9-22(21)17-33/h1-13,16,18H,14-15,17,19-20H2,(H,32,36)/b27-16-. The lowest BCUT2D eigenvalue weighted by molar-refractivity contribution is -0.136. The Balaban J connectivity index is 1.18. The Morgan fingerprint density at radius 2 is 1.60 bits per heavy atom. The van der Waals surface area contributed by atoms with Gasteiger partial charge in [0.2, 0.25) is 11.8 Å². The third-order valence-corrected chi connectivity index (χ3v) is 8.04. The average Bonchev–Trinajstić information content (AvgIpc) is 3.44. The maximum absolute atomic E-state index is 13.2. The smallest absolute Gasteiger partial charge is 0.294 e. The monoisotopic (exact) mass is 550 g/mol. The summed E-state index contributed by atoms with van der Waals surface area (Å²) in [6.07, 6.45) is 4.22. The molecule has 1 N–H and O–H groups in total. The van der Waals surface area contributed by atoms with Gasteiger partial charge in [0.05, 0.1) is 4.91 Å². The molecule has 200 valence electrons. The van der Waals surface area contributed by atoms with E-state index in [1.54, 1.807) is 17.2 Å². The summed E-state index contributed by atoms with van der Waals surface area (Å²) in [6, 6.07) is 24.8. The number of amides is 4. The number of thioether (sulfide) groups is 1. The van der Waals surface area contributed by atoms with Gasteiger partial charge in [-0.2, -0.15) is 0 Å². The largest absolute Gasteiger partial charge is 0.337 e. The molecule has 0 radical (unpaired) electrons. The fourth-order valence-electron chi connectivity index (χ4n) is 5.12. The lowest BCUT2D eigenvalue weighted by atomic mass is 10.00. The van der Waals surface area contributed by atoms with Gasteiger partial charge in [-0.05, 0) is 53.6 Å². The molecule has 0 saturated carbocycles. The predicted molar refractivity (Wildman–Crippen MR) is 155 cm³/mol. The number of nitrogens with zero attached hydrogens (tertiary/aromatic N) is 3. The average molecular weight is 551 g/mol. The maximum Gasteiger partial charge on any atom is 0.294 e. The van der Waals surface area contributed by atoms with Crippen molar-refractivity contribution in [2.24, 2.45) is 0 Å². The molecule has 0 atom stereocenters. The lowest BCUT2D eigenvalue weighted by Gasteiger charge is -2.29. The third-order valence-electron chi connectivity index (χ3n) is 7.13. The van der Waals surface area contributed by atoms with Gasteiger partial charge in [-0.15, -0.1) is 0 Å². The number of hydrogen-bond acceptors (Lipinski definition) is 5. The van der Waals surface area contributed by atoms with Crippen molar-refractivity contribution in [2.75, 3.05) is 18.4 Å². The Morgan fingerprint density at radius 3 is 2.42 bits per heavy atom. The first-order valence-corrected chi connectivity index (χ1v) is 13.8. The number of carbonyl (C=O) groups excluding carboxylic acids is 4. The zero-order valence-electron chi connectivity index (χ0n) is 21.6. The van der Waals surface area contributed by atoms with Crippen LogP contribution in [0.3, 0.4) is 0 Å². The van der Waals surface area contributed by atoms with Crippen LogP contribution in [-0.2, 0) is 33.9 Å². The van der Waals surface area contributed by atoms with E-state index >= 15 is 0 Å². The van der Waals surface area contributed by atoms with Crippen LogP contribution in [-0.4, -0.2) is 50.4 Å². The van der Waals surface area contributed by atoms with Gasteiger partial charge in [0, 0.05) is 41.4 Å². The van der Waals surface area contributed by atoms with Crippen LogP contribution in [0.2, 0.25) is 0 Å². The molecule has 0 unspecified atom stereocenters. The van der Waals surface area contributed by atoms with Crippen LogP contribution in [0.15, 0.2) is 90.0 Å². The second kappa shape index (κ2) is 10.9. The molecule has 0 spiro atoms. The van der Waals surface area contributed by atoms with Gasteiger partial charge in [-0.3, -0.25) is 24.1 Å². The number of aromatic nitrogens is 1. The fourth-order valence-corrected chi connectivity index (χ4v) is 5.95. The van der Waals surface area contributed by atoms with Crippen LogP contribution in [0.1, 0.15) is 16.7 Å². The molecule has 8 nitrogen and oxygen atoms in total. The van der Waals surface area contributed by atoms with Crippen molar-refractivity contribution in [2.45, 2.75) is 19.5 Å². The molecule has 1 fully saturated rings. The molecule has 3 heterocycles. The van der Waals surface area contributed by atoms with Gasteiger partial charge in [0.1, 0.15) is 13.1 Å². The van der Waals surface area contributed by atoms with Gasteiger partial charge in [0.15, 0.2) is 0 Å². The van der Waals surface area contributed by atoms with Crippen molar-refractivity contribution in [1.29, 1.82) is 0 Å². The second-order valence-electron chi connectivity index (χ2n) is 9.75. The van der Waals surface area contributed by atoms with E-state index in [0.717, 1.165) is 39.5 Å². The molecule has 2 aliphatic heterocycles. The highest BCUT2D eigenvalue weighted by Gasteiger charge is 2.37. The van der Waals surface area contributed by atoms with E-state index in [2.05, 4.69) is 11.4 Å². The number of carbonyl (C=O) groups is 4. The van der Waals surface area contributed by atoms with Crippen molar-refractivity contribution >= 4 is 57.4 Å². The molecule has 0 aliphatic carbocycles. The summed E-state index contributed by atoms with van der Waals surface area (Å²) in [5, 5.41) is 3.27. The van der Waals surface area contributed by atoms with Crippen LogP contribution in [0.25, 0.3) is 17.0 Å². The third kappa shape index (κ3) is 5.15. The number of anilines is 1. The quantitative estimate of drug-likeness (QED) is 0.345. The van der Waals surface area contributed by atoms with E-state index in [-0.39, 0.29) is 29.8 Å². The number of imide groups is 1. The number of benzene rings is 3. The first-order chi connectivity index (χ1) is 19.5. The fraction of sp³-hybridized carbons (Fsp3) is 0.161. The zero-order chi connectivity index (χ0) is 27.6. The summed E-state index contributed by atoms with van der Waals surface area (Å²) in [6.45, 7) is 0.821. The minimum Gasteiger partial charge on any atom is -0.337 e. The van der Waals surface area contributed by atoms with Crippen molar-refractivity contribution in [3.63, 3.8) is 0 Å². The normalized spacial score (nSPS) is 16.1. The highest BCUT2D eigenvalue weighted by molar-refractivity contribution is 8.18. The van der Waals surface area contributed by atoms with Crippen LogP contribution < -0.4 is 5.32 Å². The molecule has 3 aromatic carbocycles. The Labute approximate surface area is 235 Å². The highest BCUT2D eigenvalue weighted by Crippen LogP contribution is 2.34. The first-order valence-electron chi connectivity index (χ1n) is 13.0.